The van der Waals surface area contributed by atoms with Crippen LogP contribution in [0.4, 0.5) is 11.6 Å². The molecule has 0 saturated heterocycles. The van der Waals surface area contributed by atoms with Gasteiger partial charge in [0, 0.05) is 12.6 Å². The minimum absolute atomic E-state index is 0.643. The summed E-state index contributed by atoms with van der Waals surface area (Å²) in [6.07, 6.45) is 1.09. The summed E-state index contributed by atoms with van der Waals surface area (Å²) in [5.74, 6) is 2.81. The quantitative estimate of drug-likeness (QED) is 0.823. The van der Waals surface area contributed by atoms with Gasteiger partial charge >= 0.3 is 0 Å². The van der Waals surface area contributed by atoms with E-state index in [9.17, 15) is 0 Å². The third kappa shape index (κ3) is 5.56. The number of aryl methyl sites for hydroxylation is 1. The summed E-state index contributed by atoms with van der Waals surface area (Å²) in [6, 6.07) is 4.03. The Kier molecular flexibility index (Phi) is 5.11. The third-order valence-corrected chi connectivity index (χ3v) is 2.59. The van der Waals surface area contributed by atoms with E-state index < -0.39 is 5.54 Å². The molecular formula is C14H23N5. The molecule has 0 atom stereocenters. The van der Waals surface area contributed by atoms with E-state index >= 15 is 0 Å². The molecule has 0 bridgehead atoms. The van der Waals surface area contributed by atoms with Crippen LogP contribution in [0, 0.1) is 24.2 Å². The SMILES string of the molecule is Cc1nc(NCCC(C)C)cc(NC(C)(C)C#N)n1. The summed E-state index contributed by atoms with van der Waals surface area (Å²) in [6.45, 7) is 10.7. The first kappa shape index (κ1) is 15.2. The zero-order valence-electron chi connectivity index (χ0n) is 12.4. The van der Waals surface area contributed by atoms with Crippen LogP contribution >= 0.6 is 0 Å². The van der Waals surface area contributed by atoms with Crippen LogP contribution in [0.15, 0.2) is 6.07 Å². The molecule has 0 radical (unpaired) electrons. The second-order valence-electron chi connectivity index (χ2n) is 5.66. The van der Waals surface area contributed by atoms with Crippen LogP contribution in [0.1, 0.15) is 39.9 Å². The molecule has 1 aromatic heterocycles. The summed E-state index contributed by atoms with van der Waals surface area (Å²) in [5, 5.41) is 15.4. The normalized spacial score (nSPS) is 11.2. The molecule has 0 amide bonds. The topological polar surface area (TPSA) is 73.6 Å². The van der Waals surface area contributed by atoms with Crippen molar-refractivity contribution < 1.29 is 0 Å². The highest BCUT2D eigenvalue weighted by Gasteiger charge is 2.17. The van der Waals surface area contributed by atoms with Crippen molar-refractivity contribution >= 4 is 11.6 Å². The van der Waals surface area contributed by atoms with Crippen molar-refractivity contribution in [3.05, 3.63) is 11.9 Å². The van der Waals surface area contributed by atoms with Crippen LogP contribution in [-0.2, 0) is 0 Å². The second-order valence-corrected chi connectivity index (χ2v) is 5.66. The Bertz CT molecular complexity index is 459. The molecule has 5 heteroatoms. The van der Waals surface area contributed by atoms with E-state index in [4.69, 9.17) is 5.26 Å². The highest BCUT2D eigenvalue weighted by Crippen LogP contribution is 2.16. The zero-order valence-corrected chi connectivity index (χ0v) is 12.4. The molecule has 19 heavy (non-hydrogen) atoms. The van der Waals surface area contributed by atoms with Crippen molar-refractivity contribution in [3.8, 4) is 6.07 Å². The number of anilines is 2. The summed E-state index contributed by atoms with van der Waals surface area (Å²) in [7, 11) is 0. The van der Waals surface area contributed by atoms with E-state index in [-0.39, 0.29) is 0 Å². The van der Waals surface area contributed by atoms with Crippen LogP contribution < -0.4 is 10.6 Å². The Morgan fingerprint density at radius 1 is 1.32 bits per heavy atom. The predicted octanol–water partition coefficient (Wildman–Crippen LogP) is 2.96. The second kappa shape index (κ2) is 6.37. The number of rotatable bonds is 6. The van der Waals surface area contributed by atoms with E-state index in [2.05, 4.69) is 40.5 Å². The highest BCUT2D eigenvalue weighted by molar-refractivity contribution is 5.49. The molecule has 0 aliphatic carbocycles. The molecule has 0 saturated carbocycles. The minimum Gasteiger partial charge on any atom is -0.370 e. The molecule has 5 nitrogen and oxygen atoms in total. The van der Waals surface area contributed by atoms with Gasteiger partial charge in [0.2, 0.25) is 0 Å². The van der Waals surface area contributed by atoms with Crippen molar-refractivity contribution in [2.75, 3.05) is 17.2 Å². The minimum atomic E-state index is -0.643. The van der Waals surface area contributed by atoms with Gasteiger partial charge in [-0.3, -0.25) is 0 Å². The molecule has 2 N–H and O–H groups in total. The average Bonchev–Trinajstić information content (AvgIpc) is 2.27. The first-order valence-corrected chi connectivity index (χ1v) is 6.61. The summed E-state index contributed by atoms with van der Waals surface area (Å²) in [5.41, 5.74) is -0.643. The van der Waals surface area contributed by atoms with Gasteiger partial charge in [0.05, 0.1) is 6.07 Å². The summed E-state index contributed by atoms with van der Waals surface area (Å²) in [4.78, 5) is 8.64. The number of aromatic nitrogens is 2. The van der Waals surface area contributed by atoms with Gasteiger partial charge in [0.15, 0.2) is 0 Å². The van der Waals surface area contributed by atoms with E-state index in [1.807, 2.05) is 26.8 Å². The fourth-order valence-corrected chi connectivity index (χ4v) is 1.56. The lowest BCUT2D eigenvalue weighted by molar-refractivity contribution is 0.606. The van der Waals surface area contributed by atoms with E-state index in [0.717, 1.165) is 18.8 Å². The lowest BCUT2D eigenvalue weighted by Crippen LogP contribution is -2.29. The Morgan fingerprint density at radius 2 is 1.95 bits per heavy atom. The lowest BCUT2D eigenvalue weighted by Gasteiger charge is -2.19. The van der Waals surface area contributed by atoms with Crippen molar-refractivity contribution in [1.82, 2.24) is 9.97 Å². The Hall–Kier alpha value is -1.83. The molecule has 0 aliphatic heterocycles. The first-order chi connectivity index (χ1) is 8.82. The van der Waals surface area contributed by atoms with E-state index in [1.165, 1.54) is 0 Å². The van der Waals surface area contributed by atoms with Gasteiger partial charge in [-0.1, -0.05) is 13.8 Å². The standard InChI is InChI=1S/C14H23N5/c1-10(2)6-7-16-12-8-13(18-11(3)17-12)19-14(4,5)9-15/h8,10H,6-7H2,1-5H3,(H2,16,17,18,19). The number of nitriles is 1. The molecule has 1 heterocycles. The van der Waals surface area contributed by atoms with Crippen LogP contribution in [0.5, 0.6) is 0 Å². The van der Waals surface area contributed by atoms with Crippen molar-refractivity contribution in [2.45, 2.75) is 46.6 Å². The molecule has 0 aromatic carbocycles. The van der Waals surface area contributed by atoms with E-state index in [0.29, 0.717) is 17.6 Å². The van der Waals surface area contributed by atoms with Crippen molar-refractivity contribution in [3.63, 3.8) is 0 Å². The molecule has 0 aliphatic rings. The molecule has 0 fully saturated rings. The molecule has 1 rings (SSSR count). The third-order valence-electron chi connectivity index (χ3n) is 2.59. The van der Waals surface area contributed by atoms with Gasteiger partial charge in [-0.05, 0) is 33.1 Å². The van der Waals surface area contributed by atoms with Gasteiger partial charge in [-0.25, -0.2) is 9.97 Å². The maximum absolute atomic E-state index is 9.02. The van der Waals surface area contributed by atoms with E-state index in [1.54, 1.807) is 0 Å². The number of hydrogen-bond acceptors (Lipinski definition) is 5. The van der Waals surface area contributed by atoms with Gasteiger partial charge < -0.3 is 10.6 Å². The van der Waals surface area contributed by atoms with Crippen LogP contribution in [0.3, 0.4) is 0 Å². The lowest BCUT2D eigenvalue weighted by atomic mass is 10.1. The fraction of sp³-hybridized carbons (Fsp3) is 0.643. The highest BCUT2D eigenvalue weighted by atomic mass is 15.1. The smallest absolute Gasteiger partial charge is 0.133 e. The Balaban J connectivity index is 2.75. The van der Waals surface area contributed by atoms with Crippen LogP contribution in [0.25, 0.3) is 0 Å². The zero-order chi connectivity index (χ0) is 14.5. The maximum atomic E-state index is 9.02. The van der Waals surface area contributed by atoms with Gasteiger partial charge in [0.1, 0.15) is 23.0 Å². The largest absolute Gasteiger partial charge is 0.370 e. The van der Waals surface area contributed by atoms with Crippen molar-refractivity contribution in [1.29, 1.82) is 5.26 Å². The number of nitrogens with zero attached hydrogens (tertiary/aromatic N) is 3. The summed E-state index contributed by atoms with van der Waals surface area (Å²) >= 11 is 0. The number of hydrogen-bond donors (Lipinski definition) is 2. The Morgan fingerprint density at radius 3 is 2.53 bits per heavy atom. The molecule has 104 valence electrons. The monoisotopic (exact) mass is 261 g/mol. The molecule has 1 aromatic rings. The van der Waals surface area contributed by atoms with Crippen molar-refractivity contribution in [2.24, 2.45) is 5.92 Å². The maximum Gasteiger partial charge on any atom is 0.133 e. The van der Waals surface area contributed by atoms with Gasteiger partial charge in [0.25, 0.3) is 0 Å². The average molecular weight is 261 g/mol. The van der Waals surface area contributed by atoms with Crippen LogP contribution in [0.2, 0.25) is 0 Å². The molecular weight excluding hydrogens is 238 g/mol. The molecule has 0 unspecified atom stereocenters. The van der Waals surface area contributed by atoms with Gasteiger partial charge in [-0.15, -0.1) is 0 Å². The Labute approximate surface area is 115 Å². The molecule has 0 spiro atoms. The van der Waals surface area contributed by atoms with Crippen LogP contribution in [-0.4, -0.2) is 22.1 Å². The first-order valence-electron chi connectivity index (χ1n) is 6.61. The predicted molar refractivity (Wildman–Crippen MR) is 78.0 cm³/mol. The summed E-state index contributed by atoms with van der Waals surface area (Å²) < 4.78 is 0. The fourth-order valence-electron chi connectivity index (χ4n) is 1.56. The number of nitrogens with one attached hydrogen (secondary N) is 2. The van der Waals surface area contributed by atoms with Gasteiger partial charge in [-0.2, -0.15) is 5.26 Å².